The van der Waals surface area contributed by atoms with Crippen molar-refractivity contribution in [3.05, 3.63) is 30.3 Å². The first-order chi connectivity index (χ1) is 4.93. The van der Waals surface area contributed by atoms with Gasteiger partial charge in [-0.2, -0.15) is 0 Å². The highest BCUT2D eigenvalue weighted by atomic mass is 14.9. The molecule has 1 aromatic carbocycles. The van der Waals surface area contributed by atoms with Gasteiger partial charge in [0.25, 0.3) is 0 Å². The second-order valence-electron chi connectivity index (χ2n) is 1.83. The molecule has 0 amide bonds. The van der Waals surface area contributed by atoms with Gasteiger partial charge in [0.2, 0.25) is 0 Å². The van der Waals surface area contributed by atoms with E-state index in [-0.39, 0.29) is 0 Å². The second kappa shape index (κ2) is 3.67. The van der Waals surface area contributed by atoms with Crippen molar-refractivity contribution < 1.29 is 0 Å². The molecule has 0 heterocycles. The van der Waals surface area contributed by atoms with Crippen LogP contribution in [0.15, 0.2) is 35.3 Å². The Morgan fingerprint density at radius 2 is 2.00 bits per heavy atom. The van der Waals surface area contributed by atoms with E-state index < -0.39 is 0 Å². The molecule has 0 aliphatic heterocycles. The van der Waals surface area contributed by atoms with Crippen LogP contribution in [0.4, 0.5) is 5.69 Å². The van der Waals surface area contributed by atoms with Crippen molar-refractivity contribution in [2.75, 3.05) is 12.4 Å². The summed E-state index contributed by atoms with van der Waals surface area (Å²) < 4.78 is 0. The molecule has 0 atom stereocenters. The molecule has 0 bridgehead atoms. The molecule has 0 saturated heterocycles. The van der Waals surface area contributed by atoms with Crippen LogP contribution in [0.3, 0.4) is 0 Å². The van der Waals surface area contributed by atoms with Crippen LogP contribution in [0, 0.1) is 0 Å². The van der Waals surface area contributed by atoms with Gasteiger partial charge in [0, 0.05) is 12.7 Å². The standard InChI is InChI=1S/C8H9N2/c1-9-7-10-8-5-3-2-4-6-8/h2-6H,1H3,(H,9,10). The lowest BCUT2D eigenvalue weighted by Crippen LogP contribution is -1.92. The Morgan fingerprint density at radius 1 is 1.30 bits per heavy atom. The lowest BCUT2D eigenvalue weighted by atomic mass is 10.3. The summed E-state index contributed by atoms with van der Waals surface area (Å²) >= 11 is 0. The highest BCUT2D eigenvalue weighted by Crippen LogP contribution is 2.02. The fraction of sp³-hybridized carbons (Fsp3) is 0.125. The number of hydrogen-bond acceptors (Lipinski definition) is 1. The molecule has 1 aromatic rings. The molecule has 2 heteroatoms. The predicted octanol–water partition coefficient (Wildman–Crippen LogP) is 1.63. The summed E-state index contributed by atoms with van der Waals surface area (Å²) in [6.07, 6.45) is 2.64. The summed E-state index contributed by atoms with van der Waals surface area (Å²) in [4.78, 5) is 3.67. The van der Waals surface area contributed by atoms with Crippen LogP contribution in [-0.2, 0) is 0 Å². The normalized spacial score (nSPS) is 10.1. The largest absolute Gasteiger partial charge is 0.337 e. The van der Waals surface area contributed by atoms with Gasteiger partial charge >= 0.3 is 0 Å². The van der Waals surface area contributed by atoms with Gasteiger partial charge in [-0.05, 0) is 12.1 Å². The third kappa shape index (κ3) is 1.90. The molecule has 2 nitrogen and oxygen atoms in total. The van der Waals surface area contributed by atoms with Crippen molar-refractivity contribution in [2.45, 2.75) is 0 Å². The van der Waals surface area contributed by atoms with E-state index in [1.54, 1.807) is 7.05 Å². The number of hydrogen-bond donors (Lipinski definition) is 1. The molecule has 10 heavy (non-hydrogen) atoms. The summed E-state index contributed by atoms with van der Waals surface area (Å²) in [5.41, 5.74) is 1.01. The van der Waals surface area contributed by atoms with Gasteiger partial charge in [-0.3, -0.25) is 4.99 Å². The Bertz CT molecular complexity index is 204. The Labute approximate surface area is 60.6 Å². The maximum atomic E-state index is 3.67. The van der Waals surface area contributed by atoms with Crippen LogP contribution in [-0.4, -0.2) is 13.4 Å². The molecule has 0 fully saturated rings. The molecule has 0 spiro atoms. The van der Waals surface area contributed by atoms with Crippen molar-refractivity contribution in [3.8, 4) is 0 Å². The van der Waals surface area contributed by atoms with E-state index in [0.29, 0.717) is 0 Å². The average Bonchev–Trinajstić information content (AvgIpc) is 2.03. The number of para-hydroxylation sites is 1. The topological polar surface area (TPSA) is 24.4 Å². The van der Waals surface area contributed by atoms with Gasteiger partial charge in [-0.25, -0.2) is 0 Å². The predicted molar refractivity (Wildman–Crippen MR) is 43.4 cm³/mol. The molecule has 0 unspecified atom stereocenters. The quantitative estimate of drug-likeness (QED) is 0.370. The molecule has 1 radical (unpaired) electrons. The van der Waals surface area contributed by atoms with Gasteiger partial charge in [0.1, 0.15) is 0 Å². The van der Waals surface area contributed by atoms with E-state index in [1.165, 1.54) is 0 Å². The van der Waals surface area contributed by atoms with E-state index >= 15 is 0 Å². The number of nitrogens with zero attached hydrogens (tertiary/aromatic N) is 1. The summed E-state index contributed by atoms with van der Waals surface area (Å²) in [5, 5.41) is 2.88. The Kier molecular flexibility index (Phi) is 2.49. The first kappa shape index (κ1) is 6.81. The van der Waals surface area contributed by atoms with Gasteiger partial charge < -0.3 is 5.32 Å². The van der Waals surface area contributed by atoms with Crippen molar-refractivity contribution >= 4 is 12.0 Å². The fourth-order valence-electron chi connectivity index (χ4n) is 0.642. The SMILES string of the molecule is C/N=[C]/Nc1ccccc1. The van der Waals surface area contributed by atoms with E-state index in [0.717, 1.165) is 5.69 Å². The van der Waals surface area contributed by atoms with E-state index in [9.17, 15) is 0 Å². The van der Waals surface area contributed by atoms with Crippen LogP contribution in [0.1, 0.15) is 0 Å². The lowest BCUT2D eigenvalue weighted by Gasteiger charge is -1.94. The van der Waals surface area contributed by atoms with Crippen molar-refractivity contribution in [2.24, 2.45) is 4.99 Å². The minimum atomic E-state index is 1.01. The Hall–Kier alpha value is -1.31. The third-order valence-electron chi connectivity index (χ3n) is 1.09. The zero-order valence-electron chi connectivity index (χ0n) is 5.83. The third-order valence-corrected chi connectivity index (χ3v) is 1.09. The monoisotopic (exact) mass is 133 g/mol. The van der Waals surface area contributed by atoms with Crippen molar-refractivity contribution in [1.82, 2.24) is 0 Å². The van der Waals surface area contributed by atoms with Crippen LogP contribution >= 0.6 is 0 Å². The van der Waals surface area contributed by atoms with Crippen molar-refractivity contribution in [1.29, 1.82) is 0 Å². The molecule has 1 rings (SSSR count). The maximum Gasteiger partial charge on any atom is 0.168 e. The molecular weight excluding hydrogens is 124 g/mol. The summed E-state index contributed by atoms with van der Waals surface area (Å²) in [6, 6.07) is 9.80. The minimum Gasteiger partial charge on any atom is -0.337 e. The smallest absolute Gasteiger partial charge is 0.168 e. The highest BCUT2D eigenvalue weighted by Gasteiger charge is 1.81. The van der Waals surface area contributed by atoms with Gasteiger partial charge in [0.15, 0.2) is 6.34 Å². The molecule has 0 aromatic heterocycles. The van der Waals surface area contributed by atoms with E-state index in [4.69, 9.17) is 0 Å². The summed E-state index contributed by atoms with van der Waals surface area (Å²) in [5.74, 6) is 0. The Balaban J connectivity index is 2.59. The highest BCUT2D eigenvalue weighted by molar-refractivity contribution is 5.75. The van der Waals surface area contributed by atoms with Crippen LogP contribution in [0.5, 0.6) is 0 Å². The molecule has 0 aliphatic rings. The second-order valence-corrected chi connectivity index (χ2v) is 1.83. The van der Waals surface area contributed by atoms with E-state index in [1.807, 2.05) is 30.3 Å². The first-order valence-electron chi connectivity index (χ1n) is 3.08. The van der Waals surface area contributed by atoms with Crippen LogP contribution < -0.4 is 5.32 Å². The zero-order chi connectivity index (χ0) is 7.23. The lowest BCUT2D eigenvalue weighted by molar-refractivity contribution is 1.46. The molecule has 1 N–H and O–H groups in total. The first-order valence-corrected chi connectivity index (χ1v) is 3.08. The number of nitrogens with one attached hydrogen (secondary N) is 1. The minimum absolute atomic E-state index is 1.01. The molecule has 0 saturated carbocycles. The maximum absolute atomic E-state index is 3.67. The number of rotatable bonds is 2. The van der Waals surface area contributed by atoms with Gasteiger partial charge in [0.05, 0.1) is 0 Å². The molecular formula is C8H9N2. The number of anilines is 1. The number of benzene rings is 1. The zero-order valence-corrected chi connectivity index (χ0v) is 5.83. The average molecular weight is 133 g/mol. The van der Waals surface area contributed by atoms with Crippen LogP contribution in [0.25, 0.3) is 0 Å². The summed E-state index contributed by atoms with van der Waals surface area (Å²) in [6.45, 7) is 0. The number of aliphatic imine (C=N–C) groups is 1. The fourth-order valence-corrected chi connectivity index (χ4v) is 0.642. The summed E-state index contributed by atoms with van der Waals surface area (Å²) in [7, 11) is 1.68. The molecule has 51 valence electrons. The van der Waals surface area contributed by atoms with Gasteiger partial charge in [-0.1, -0.05) is 18.2 Å². The molecule has 0 aliphatic carbocycles. The Morgan fingerprint density at radius 3 is 2.60 bits per heavy atom. The van der Waals surface area contributed by atoms with Gasteiger partial charge in [-0.15, -0.1) is 0 Å². The van der Waals surface area contributed by atoms with Crippen LogP contribution in [0.2, 0.25) is 0 Å². The van der Waals surface area contributed by atoms with Crippen molar-refractivity contribution in [3.63, 3.8) is 0 Å². The van der Waals surface area contributed by atoms with E-state index in [2.05, 4.69) is 16.6 Å².